The van der Waals surface area contributed by atoms with Crippen LogP contribution in [0.5, 0.6) is 0 Å². The van der Waals surface area contributed by atoms with Gasteiger partial charge in [-0.3, -0.25) is 4.79 Å². The maximum absolute atomic E-state index is 12.2. The Labute approximate surface area is 120 Å². The molecule has 0 spiro atoms. The van der Waals surface area contributed by atoms with Gasteiger partial charge in [-0.2, -0.15) is 0 Å². The number of carbonyl (C=O) groups excluding carboxylic acids is 1. The number of carbonyl (C=O) groups is 1. The van der Waals surface area contributed by atoms with Crippen molar-refractivity contribution in [2.45, 2.75) is 31.7 Å². The van der Waals surface area contributed by atoms with Gasteiger partial charge in [-0.25, -0.2) is 0 Å². The lowest BCUT2D eigenvalue weighted by Crippen LogP contribution is -2.45. The molecule has 1 aromatic rings. The second kappa shape index (κ2) is 5.83. The van der Waals surface area contributed by atoms with E-state index in [0.717, 1.165) is 31.8 Å². The van der Waals surface area contributed by atoms with Gasteiger partial charge in [0.1, 0.15) is 0 Å². The lowest BCUT2D eigenvalue weighted by molar-refractivity contribution is 0.0910. The highest BCUT2D eigenvalue weighted by Gasteiger charge is 2.27. The molecular formula is C16H23N3O. The SMILES string of the molecule is Nc1ccccc1C(=O)NC1CCN(CC2CC2)CC1. The molecular weight excluding hydrogens is 250 g/mol. The van der Waals surface area contributed by atoms with E-state index in [9.17, 15) is 4.79 Å². The predicted octanol–water partition coefficient (Wildman–Crippen LogP) is 1.87. The van der Waals surface area contributed by atoms with Gasteiger partial charge in [0, 0.05) is 31.4 Å². The van der Waals surface area contributed by atoms with Crippen molar-refractivity contribution in [2.75, 3.05) is 25.4 Å². The standard InChI is InChI=1S/C16H23N3O/c17-15-4-2-1-3-14(15)16(20)18-13-7-9-19(10-8-13)11-12-5-6-12/h1-4,12-13H,5-11,17H2,(H,18,20). The van der Waals surface area contributed by atoms with Crippen LogP contribution in [-0.4, -0.2) is 36.5 Å². The van der Waals surface area contributed by atoms with E-state index in [0.29, 0.717) is 11.3 Å². The number of nitrogen functional groups attached to an aromatic ring is 1. The van der Waals surface area contributed by atoms with E-state index in [1.165, 1.54) is 19.4 Å². The predicted molar refractivity (Wildman–Crippen MR) is 80.5 cm³/mol. The summed E-state index contributed by atoms with van der Waals surface area (Å²) in [5.74, 6) is 0.911. The topological polar surface area (TPSA) is 58.4 Å². The van der Waals surface area contributed by atoms with Crippen molar-refractivity contribution in [3.05, 3.63) is 29.8 Å². The lowest BCUT2D eigenvalue weighted by atomic mass is 10.0. The highest BCUT2D eigenvalue weighted by atomic mass is 16.1. The van der Waals surface area contributed by atoms with E-state index < -0.39 is 0 Å². The molecule has 3 N–H and O–H groups in total. The normalized spacial score (nSPS) is 20.8. The number of hydrogen-bond donors (Lipinski definition) is 2. The summed E-state index contributed by atoms with van der Waals surface area (Å²) in [5, 5.41) is 3.12. The molecule has 1 saturated heterocycles. The maximum Gasteiger partial charge on any atom is 0.253 e. The fraction of sp³-hybridized carbons (Fsp3) is 0.562. The van der Waals surface area contributed by atoms with E-state index in [4.69, 9.17) is 5.73 Å². The van der Waals surface area contributed by atoms with Crippen LogP contribution < -0.4 is 11.1 Å². The zero-order valence-electron chi connectivity index (χ0n) is 11.8. The number of amides is 1. The van der Waals surface area contributed by atoms with Gasteiger partial charge < -0.3 is 16.0 Å². The molecule has 0 atom stereocenters. The summed E-state index contributed by atoms with van der Waals surface area (Å²) >= 11 is 0. The summed E-state index contributed by atoms with van der Waals surface area (Å²) in [6.45, 7) is 3.46. The zero-order valence-corrected chi connectivity index (χ0v) is 11.8. The third-order valence-electron chi connectivity index (χ3n) is 4.34. The smallest absolute Gasteiger partial charge is 0.253 e. The molecule has 4 nitrogen and oxygen atoms in total. The van der Waals surface area contributed by atoms with Gasteiger partial charge in [0.25, 0.3) is 5.91 Å². The molecule has 20 heavy (non-hydrogen) atoms. The Hall–Kier alpha value is -1.55. The number of anilines is 1. The van der Waals surface area contributed by atoms with Gasteiger partial charge in [-0.1, -0.05) is 12.1 Å². The molecule has 1 aliphatic carbocycles. The zero-order chi connectivity index (χ0) is 13.9. The number of likely N-dealkylation sites (tertiary alicyclic amines) is 1. The van der Waals surface area contributed by atoms with Crippen LogP contribution in [0.2, 0.25) is 0 Å². The minimum Gasteiger partial charge on any atom is -0.398 e. The Balaban J connectivity index is 1.49. The van der Waals surface area contributed by atoms with Crippen LogP contribution in [-0.2, 0) is 0 Å². The molecule has 1 saturated carbocycles. The van der Waals surface area contributed by atoms with E-state index >= 15 is 0 Å². The van der Waals surface area contributed by atoms with Crippen LogP contribution in [0, 0.1) is 5.92 Å². The largest absolute Gasteiger partial charge is 0.398 e. The van der Waals surface area contributed by atoms with Crippen molar-refractivity contribution in [1.82, 2.24) is 10.2 Å². The first-order valence-corrected chi connectivity index (χ1v) is 7.60. The molecule has 108 valence electrons. The molecule has 0 aromatic heterocycles. The van der Waals surface area contributed by atoms with Crippen LogP contribution in [0.1, 0.15) is 36.0 Å². The van der Waals surface area contributed by atoms with Crippen molar-refractivity contribution in [1.29, 1.82) is 0 Å². The Morgan fingerprint density at radius 3 is 2.55 bits per heavy atom. The first kappa shape index (κ1) is 13.4. The number of nitrogens with one attached hydrogen (secondary N) is 1. The van der Waals surface area contributed by atoms with Crippen LogP contribution in [0.25, 0.3) is 0 Å². The molecule has 0 bridgehead atoms. The Morgan fingerprint density at radius 2 is 1.90 bits per heavy atom. The number of hydrogen-bond acceptors (Lipinski definition) is 3. The number of benzene rings is 1. The minimum absolute atomic E-state index is 0.0382. The van der Waals surface area contributed by atoms with Crippen LogP contribution >= 0.6 is 0 Å². The minimum atomic E-state index is -0.0382. The highest BCUT2D eigenvalue weighted by molar-refractivity contribution is 5.99. The molecule has 4 heteroatoms. The van der Waals surface area contributed by atoms with Gasteiger partial charge in [-0.15, -0.1) is 0 Å². The second-order valence-corrected chi connectivity index (χ2v) is 6.08. The molecule has 2 fully saturated rings. The summed E-state index contributed by atoms with van der Waals surface area (Å²) < 4.78 is 0. The monoisotopic (exact) mass is 273 g/mol. The number of para-hydroxylation sites is 1. The summed E-state index contributed by atoms with van der Waals surface area (Å²) in [4.78, 5) is 14.7. The van der Waals surface area contributed by atoms with Gasteiger partial charge >= 0.3 is 0 Å². The van der Waals surface area contributed by atoms with E-state index in [1.54, 1.807) is 12.1 Å². The van der Waals surface area contributed by atoms with Crippen molar-refractivity contribution >= 4 is 11.6 Å². The number of rotatable bonds is 4. The van der Waals surface area contributed by atoms with Crippen LogP contribution in [0.3, 0.4) is 0 Å². The summed E-state index contributed by atoms with van der Waals surface area (Å²) in [5.41, 5.74) is 6.98. The quantitative estimate of drug-likeness (QED) is 0.823. The van der Waals surface area contributed by atoms with Crippen molar-refractivity contribution in [2.24, 2.45) is 5.92 Å². The van der Waals surface area contributed by atoms with Gasteiger partial charge in [0.2, 0.25) is 0 Å². The second-order valence-electron chi connectivity index (χ2n) is 6.08. The number of nitrogens with zero attached hydrogens (tertiary/aromatic N) is 1. The van der Waals surface area contributed by atoms with Crippen molar-refractivity contribution in [3.8, 4) is 0 Å². The molecule has 0 radical (unpaired) electrons. The maximum atomic E-state index is 12.2. The van der Waals surface area contributed by atoms with E-state index in [2.05, 4.69) is 10.2 Å². The number of piperidine rings is 1. The van der Waals surface area contributed by atoms with E-state index in [1.807, 2.05) is 12.1 Å². The molecule has 1 amide bonds. The third kappa shape index (κ3) is 3.31. The fourth-order valence-corrected chi connectivity index (χ4v) is 2.89. The average Bonchev–Trinajstić information content (AvgIpc) is 3.25. The summed E-state index contributed by atoms with van der Waals surface area (Å²) in [7, 11) is 0. The molecule has 2 aliphatic rings. The molecule has 3 rings (SSSR count). The third-order valence-corrected chi connectivity index (χ3v) is 4.34. The van der Waals surface area contributed by atoms with Gasteiger partial charge in [0.05, 0.1) is 5.56 Å². The Morgan fingerprint density at radius 1 is 1.20 bits per heavy atom. The average molecular weight is 273 g/mol. The molecule has 1 aliphatic heterocycles. The van der Waals surface area contributed by atoms with E-state index in [-0.39, 0.29) is 11.9 Å². The molecule has 1 heterocycles. The van der Waals surface area contributed by atoms with Gasteiger partial charge in [0.15, 0.2) is 0 Å². The van der Waals surface area contributed by atoms with Crippen LogP contribution in [0.4, 0.5) is 5.69 Å². The first-order valence-electron chi connectivity index (χ1n) is 7.60. The van der Waals surface area contributed by atoms with Gasteiger partial charge in [-0.05, 0) is 43.7 Å². The van der Waals surface area contributed by atoms with Crippen LogP contribution in [0.15, 0.2) is 24.3 Å². The number of nitrogens with two attached hydrogens (primary N) is 1. The molecule has 0 unspecified atom stereocenters. The van der Waals surface area contributed by atoms with Crippen molar-refractivity contribution < 1.29 is 4.79 Å². The molecule has 1 aromatic carbocycles. The summed E-state index contributed by atoms with van der Waals surface area (Å²) in [6.07, 6.45) is 4.91. The Bertz CT molecular complexity index is 476. The first-order chi connectivity index (χ1) is 9.72. The van der Waals surface area contributed by atoms with Crippen molar-refractivity contribution in [3.63, 3.8) is 0 Å². The fourth-order valence-electron chi connectivity index (χ4n) is 2.89. The lowest BCUT2D eigenvalue weighted by Gasteiger charge is -2.32. The highest BCUT2D eigenvalue weighted by Crippen LogP contribution is 2.30. The Kier molecular flexibility index (Phi) is 3.92. The summed E-state index contributed by atoms with van der Waals surface area (Å²) in [6, 6.07) is 7.55.